The van der Waals surface area contributed by atoms with E-state index in [0.717, 1.165) is 39.0 Å². The van der Waals surface area contributed by atoms with Gasteiger partial charge in [-0.1, -0.05) is 13.8 Å². The lowest BCUT2D eigenvalue weighted by atomic mass is 9.78. The van der Waals surface area contributed by atoms with E-state index in [0.29, 0.717) is 6.42 Å². The van der Waals surface area contributed by atoms with Gasteiger partial charge in [-0.05, 0) is 25.7 Å². The highest BCUT2D eigenvalue weighted by Gasteiger charge is 2.34. The molecule has 0 N–H and O–H groups in total. The maximum Gasteiger partial charge on any atom is 0.175 e. The Balaban J connectivity index is 2.13. The van der Waals surface area contributed by atoms with E-state index in [9.17, 15) is 4.79 Å². The van der Waals surface area contributed by atoms with Gasteiger partial charge in [-0.3, -0.25) is 9.48 Å². The summed E-state index contributed by atoms with van der Waals surface area (Å²) in [6, 6.07) is 0. The Labute approximate surface area is 122 Å². The van der Waals surface area contributed by atoms with Crippen molar-refractivity contribution in [3.05, 3.63) is 22.0 Å². The number of carbonyl (C=O) groups is 1. The van der Waals surface area contributed by atoms with Crippen molar-refractivity contribution in [2.45, 2.75) is 40.5 Å². The third kappa shape index (κ3) is 2.00. The van der Waals surface area contributed by atoms with Gasteiger partial charge in [0, 0.05) is 19.2 Å². The maximum atomic E-state index is 12.3. The van der Waals surface area contributed by atoms with Gasteiger partial charge in [0.1, 0.15) is 5.01 Å². The normalized spacial score (nSPS) is 17.4. The average Bonchev–Trinajstić information content (AvgIpc) is 2.80. The minimum atomic E-state index is 0.0223. The number of Topliss-reactive ketones (excluding diaryl/α,β-unsaturated/α-hetero) is 1. The van der Waals surface area contributed by atoms with Gasteiger partial charge in [0.2, 0.25) is 0 Å². The molecular weight excluding hydrogens is 270 g/mol. The number of thiazole rings is 1. The summed E-state index contributed by atoms with van der Waals surface area (Å²) in [6.45, 7) is 8.30. The van der Waals surface area contributed by atoms with E-state index < -0.39 is 0 Å². The summed E-state index contributed by atoms with van der Waals surface area (Å²) in [5.41, 5.74) is 4.14. The second-order valence-corrected chi connectivity index (χ2v) is 7.40. The molecule has 0 saturated heterocycles. The third-order valence-corrected chi connectivity index (χ3v) is 5.11. The van der Waals surface area contributed by atoms with E-state index in [4.69, 9.17) is 4.98 Å². The minimum Gasteiger partial charge on any atom is -0.293 e. The number of rotatable bonds is 1. The van der Waals surface area contributed by atoms with Crippen molar-refractivity contribution >= 4 is 17.1 Å². The topological polar surface area (TPSA) is 47.8 Å². The highest BCUT2D eigenvalue weighted by molar-refractivity contribution is 7.17. The fourth-order valence-corrected chi connectivity index (χ4v) is 4.08. The molecule has 0 bridgehead atoms. The van der Waals surface area contributed by atoms with E-state index in [-0.39, 0.29) is 11.2 Å². The number of fused-ring (bicyclic) bond motifs is 1. The molecule has 0 radical (unpaired) electrons. The molecule has 2 aromatic heterocycles. The third-order valence-electron chi connectivity index (χ3n) is 3.96. The Morgan fingerprint density at radius 1 is 1.25 bits per heavy atom. The summed E-state index contributed by atoms with van der Waals surface area (Å²) < 4.78 is 1.87. The zero-order valence-electron chi connectivity index (χ0n) is 12.6. The Hall–Kier alpha value is -1.49. The molecule has 1 aliphatic rings. The van der Waals surface area contributed by atoms with E-state index in [1.807, 2.05) is 25.6 Å². The van der Waals surface area contributed by atoms with Crippen LogP contribution in [-0.4, -0.2) is 20.5 Å². The summed E-state index contributed by atoms with van der Waals surface area (Å²) in [4.78, 5) is 17.9. The van der Waals surface area contributed by atoms with Crippen molar-refractivity contribution in [2.24, 2.45) is 12.5 Å². The molecule has 0 fully saturated rings. The molecule has 0 amide bonds. The van der Waals surface area contributed by atoms with Crippen LogP contribution in [0.5, 0.6) is 0 Å². The van der Waals surface area contributed by atoms with Crippen molar-refractivity contribution in [3.8, 4) is 10.6 Å². The van der Waals surface area contributed by atoms with Gasteiger partial charge >= 0.3 is 0 Å². The molecule has 20 heavy (non-hydrogen) atoms. The highest BCUT2D eigenvalue weighted by Crippen LogP contribution is 2.40. The van der Waals surface area contributed by atoms with Gasteiger partial charge in [0.15, 0.2) is 5.78 Å². The summed E-state index contributed by atoms with van der Waals surface area (Å²) in [6.07, 6.45) is 1.50. The minimum absolute atomic E-state index is 0.0223. The predicted octanol–water partition coefficient (Wildman–Crippen LogP) is 3.32. The number of aryl methyl sites for hydroxylation is 2. The molecule has 4 nitrogen and oxygen atoms in total. The Kier molecular flexibility index (Phi) is 2.87. The Morgan fingerprint density at radius 2 is 1.95 bits per heavy atom. The van der Waals surface area contributed by atoms with E-state index in [1.165, 1.54) is 11.3 Å². The molecule has 2 heterocycles. The number of nitrogens with zero attached hydrogens (tertiary/aromatic N) is 3. The Morgan fingerprint density at radius 3 is 2.55 bits per heavy atom. The zero-order chi connectivity index (χ0) is 14.7. The first kappa shape index (κ1) is 13.5. The van der Waals surface area contributed by atoms with E-state index >= 15 is 0 Å². The molecule has 3 rings (SSSR count). The first-order chi connectivity index (χ1) is 9.28. The van der Waals surface area contributed by atoms with Crippen LogP contribution >= 0.6 is 11.3 Å². The SMILES string of the molecule is Cc1nn(C)c(C)c1-c1nc2c(s1)C(=O)CC(C)(C)C2. The van der Waals surface area contributed by atoms with Crippen molar-refractivity contribution < 1.29 is 4.79 Å². The lowest BCUT2D eigenvalue weighted by Gasteiger charge is -2.26. The van der Waals surface area contributed by atoms with Gasteiger partial charge in [-0.25, -0.2) is 4.98 Å². The largest absolute Gasteiger partial charge is 0.293 e. The first-order valence-corrected chi connectivity index (χ1v) is 7.63. The van der Waals surface area contributed by atoms with Gasteiger partial charge in [-0.2, -0.15) is 5.10 Å². The molecule has 5 heteroatoms. The van der Waals surface area contributed by atoms with Gasteiger partial charge in [-0.15, -0.1) is 11.3 Å². The highest BCUT2D eigenvalue weighted by atomic mass is 32.1. The van der Waals surface area contributed by atoms with Crippen molar-refractivity contribution in [1.82, 2.24) is 14.8 Å². The molecular formula is C15H19N3OS. The Bertz CT molecular complexity index is 709. The molecule has 0 spiro atoms. The van der Waals surface area contributed by atoms with Crippen LogP contribution in [0, 0.1) is 19.3 Å². The lowest BCUT2D eigenvalue weighted by molar-refractivity contribution is 0.0916. The number of carbonyl (C=O) groups excluding carboxylic acids is 1. The predicted molar refractivity (Wildman–Crippen MR) is 80.2 cm³/mol. The van der Waals surface area contributed by atoms with Crippen LogP contribution in [0.3, 0.4) is 0 Å². The summed E-state index contributed by atoms with van der Waals surface area (Å²) in [7, 11) is 1.94. The van der Waals surface area contributed by atoms with Crippen LogP contribution in [-0.2, 0) is 13.5 Å². The smallest absolute Gasteiger partial charge is 0.175 e. The van der Waals surface area contributed by atoms with Crippen LogP contribution in [0.1, 0.15) is 47.0 Å². The van der Waals surface area contributed by atoms with Crippen molar-refractivity contribution in [3.63, 3.8) is 0 Å². The summed E-state index contributed by atoms with van der Waals surface area (Å²) >= 11 is 1.52. The summed E-state index contributed by atoms with van der Waals surface area (Å²) in [5.74, 6) is 0.235. The fraction of sp³-hybridized carbons (Fsp3) is 0.533. The molecule has 1 aliphatic carbocycles. The second kappa shape index (κ2) is 4.25. The zero-order valence-corrected chi connectivity index (χ0v) is 13.4. The van der Waals surface area contributed by atoms with Crippen molar-refractivity contribution in [1.29, 1.82) is 0 Å². The standard InChI is InChI=1S/C15H19N3OS/c1-8-12(9(2)18(5)17-8)14-16-10-6-15(3,4)7-11(19)13(10)20-14/h6-7H2,1-5H3. The van der Waals surface area contributed by atoms with Gasteiger partial charge < -0.3 is 0 Å². The monoisotopic (exact) mass is 289 g/mol. The van der Waals surface area contributed by atoms with Crippen LogP contribution in [0.25, 0.3) is 10.6 Å². The van der Waals surface area contributed by atoms with Crippen LogP contribution in [0.15, 0.2) is 0 Å². The number of hydrogen-bond acceptors (Lipinski definition) is 4. The second-order valence-electron chi connectivity index (χ2n) is 6.41. The quantitative estimate of drug-likeness (QED) is 0.809. The molecule has 0 unspecified atom stereocenters. The van der Waals surface area contributed by atoms with Crippen LogP contribution in [0.4, 0.5) is 0 Å². The lowest BCUT2D eigenvalue weighted by Crippen LogP contribution is -2.25. The van der Waals surface area contributed by atoms with E-state index in [2.05, 4.69) is 18.9 Å². The molecule has 0 aliphatic heterocycles. The number of aromatic nitrogens is 3. The van der Waals surface area contributed by atoms with E-state index in [1.54, 1.807) is 0 Å². The molecule has 0 atom stereocenters. The molecule has 0 saturated carbocycles. The fourth-order valence-electron chi connectivity index (χ4n) is 2.91. The van der Waals surface area contributed by atoms with Crippen molar-refractivity contribution in [2.75, 3.05) is 0 Å². The maximum absolute atomic E-state index is 12.3. The summed E-state index contributed by atoms with van der Waals surface area (Å²) in [5, 5.41) is 5.37. The average molecular weight is 289 g/mol. The molecule has 2 aromatic rings. The number of hydrogen-bond donors (Lipinski definition) is 0. The molecule has 106 valence electrons. The number of ketones is 1. The van der Waals surface area contributed by atoms with Gasteiger partial charge in [0.25, 0.3) is 0 Å². The van der Waals surface area contributed by atoms with Crippen LogP contribution in [0.2, 0.25) is 0 Å². The molecule has 0 aromatic carbocycles. The van der Waals surface area contributed by atoms with Crippen LogP contribution < -0.4 is 0 Å². The van der Waals surface area contributed by atoms with Gasteiger partial charge in [0.05, 0.1) is 21.8 Å². The first-order valence-electron chi connectivity index (χ1n) is 6.82.